The highest BCUT2D eigenvalue weighted by Gasteiger charge is 2.40. The van der Waals surface area contributed by atoms with E-state index in [9.17, 15) is 4.79 Å². The monoisotopic (exact) mass is 492 g/mol. The molecule has 0 radical (unpaired) electrons. The lowest BCUT2D eigenvalue weighted by atomic mass is 9.86. The van der Waals surface area contributed by atoms with E-state index in [0.29, 0.717) is 18.1 Å². The van der Waals surface area contributed by atoms with E-state index in [4.69, 9.17) is 14.0 Å². The third-order valence-corrected chi connectivity index (χ3v) is 6.19. The molecule has 0 saturated carbocycles. The van der Waals surface area contributed by atoms with Crippen molar-refractivity contribution in [2.24, 2.45) is 0 Å². The summed E-state index contributed by atoms with van der Waals surface area (Å²) < 4.78 is 16.8. The number of hydrogen-bond donors (Lipinski definition) is 1. The molecule has 0 aliphatic carbocycles. The summed E-state index contributed by atoms with van der Waals surface area (Å²) in [7, 11) is 1.67. The van der Waals surface area contributed by atoms with E-state index in [1.807, 2.05) is 62.1 Å². The van der Waals surface area contributed by atoms with Gasteiger partial charge in [-0.05, 0) is 81.6 Å². The Morgan fingerprint density at radius 3 is 2.56 bits per heavy atom. The number of fused-ring (bicyclic) bond motifs is 1. The Bertz CT molecular complexity index is 1180. The Morgan fingerprint density at radius 1 is 1.19 bits per heavy atom. The molecule has 2 aromatic carbocycles. The number of methoxy groups -OCH3 is 1. The van der Waals surface area contributed by atoms with Crippen LogP contribution in [0.1, 0.15) is 69.1 Å². The second kappa shape index (κ2) is 10.7. The summed E-state index contributed by atoms with van der Waals surface area (Å²) in [5.41, 5.74) is 3.37. The van der Waals surface area contributed by atoms with Crippen LogP contribution in [0.4, 0.5) is 4.79 Å². The third-order valence-electron chi connectivity index (χ3n) is 6.19. The minimum absolute atomic E-state index is 0.228. The van der Waals surface area contributed by atoms with E-state index in [1.54, 1.807) is 14.0 Å². The number of rotatable bonds is 7. The predicted octanol–water partition coefficient (Wildman–Crippen LogP) is 5.65. The smallest absolute Gasteiger partial charge is 0.412 e. The number of benzene rings is 2. The van der Waals surface area contributed by atoms with E-state index < -0.39 is 5.60 Å². The molecule has 3 aromatic rings. The van der Waals surface area contributed by atoms with Gasteiger partial charge in [0.2, 0.25) is 0 Å². The lowest BCUT2D eigenvalue weighted by Crippen LogP contribution is -2.55. The van der Waals surface area contributed by atoms with Crippen LogP contribution in [0.5, 0.6) is 5.75 Å². The van der Waals surface area contributed by atoms with Crippen LogP contribution in [-0.4, -0.2) is 46.6 Å². The molecule has 8 nitrogen and oxygen atoms in total. The van der Waals surface area contributed by atoms with Crippen molar-refractivity contribution in [2.75, 3.05) is 13.7 Å². The maximum atomic E-state index is 13.7. The van der Waals surface area contributed by atoms with Gasteiger partial charge in [0.05, 0.1) is 19.3 Å². The normalized spacial score (nSPS) is 17.6. The number of unbranched alkanes of at least 4 members (excludes halogenated alkanes) is 1. The number of carbonyl (C=O) groups is 1. The summed E-state index contributed by atoms with van der Waals surface area (Å²) in [6.07, 6.45) is 2.17. The number of carbonyl (C=O) groups excluding carboxylic acids is 1. The third kappa shape index (κ3) is 5.70. The lowest BCUT2D eigenvalue weighted by Gasteiger charge is -2.44. The first-order chi connectivity index (χ1) is 17.2. The molecule has 36 heavy (non-hydrogen) atoms. The molecule has 4 rings (SSSR count). The van der Waals surface area contributed by atoms with Crippen LogP contribution in [0.3, 0.4) is 0 Å². The maximum absolute atomic E-state index is 13.7. The Labute approximate surface area is 213 Å². The van der Waals surface area contributed by atoms with Crippen molar-refractivity contribution >= 4 is 6.09 Å². The summed E-state index contributed by atoms with van der Waals surface area (Å²) in [5, 5.41) is 7.50. The van der Waals surface area contributed by atoms with Crippen molar-refractivity contribution in [2.45, 2.75) is 71.7 Å². The van der Waals surface area contributed by atoms with Crippen LogP contribution < -0.4 is 10.1 Å². The highest BCUT2D eigenvalue weighted by atomic mass is 16.6. The second-order valence-electron chi connectivity index (χ2n) is 10.2. The Morgan fingerprint density at radius 2 is 1.94 bits per heavy atom. The highest BCUT2D eigenvalue weighted by Crippen LogP contribution is 2.40. The molecule has 0 fully saturated rings. The van der Waals surface area contributed by atoms with Gasteiger partial charge in [-0.2, -0.15) is 4.98 Å². The molecule has 2 atom stereocenters. The minimum atomic E-state index is -0.616. The molecule has 2 heterocycles. The zero-order valence-electron chi connectivity index (χ0n) is 22.0. The van der Waals surface area contributed by atoms with Gasteiger partial charge in [-0.25, -0.2) is 4.79 Å². The fraction of sp³-hybridized carbons (Fsp3) is 0.464. The van der Waals surface area contributed by atoms with Crippen molar-refractivity contribution in [1.82, 2.24) is 20.4 Å². The first-order valence-corrected chi connectivity index (χ1v) is 12.5. The number of ether oxygens (including phenoxy) is 2. The van der Waals surface area contributed by atoms with Gasteiger partial charge >= 0.3 is 6.09 Å². The molecule has 1 amide bonds. The number of aromatic nitrogens is 2. The fourth-order valence-electron chi connectivity index (χ4n) is 4.51. The Balaban J connectivity index is 1.79. The lowest BCUT2D eigenvalue weighted by molar-refractivity contribution is 0.00151. The average Bonchev–Trinajstić information content (AvgIpc) is 3.28. The van der Waals surface area contributed by atoms with Gasteiger partial charge in [-0.1, -0.05) is 36.7 Å². The zero-order chi connectivity index (χ0) is 25.9. The quantitative estimate of drug-likeness (QED) is 0.426. The van der Waals surface area contributed by atoms with Gasteiger partial charge in [0, 0.05) is 12.0 Å². The van der Waals surface area contributed by atoms with Crippen molar-refractivity contribution in [3.63, 3.8) is 0 Å². The van der Waals surface area contributed by atoms with Crippen molar-refractivity contribution in [1.29, 1.82) is 0 Å². The fourth-order valence-corrected chi connectivity index (χ4v) is 4.51. The molecule has 0 saturated heterocycles. The standard InChI is InChI=1S/C28H36N4O4/c1-7-8-15-29-24-17-21-16-22(34-6)13-14-23(21)25(32(24)27(33)35-28(3,4)5)19-9-11-20(12-10-19)26-30-18(2)31-36-26/h9-14,16,24-25,29H,7-8,15,17H2,1-6H3/t24-,25+/m1/s1. The summed E-state index contributed by atoms with van der Waals surface area (Å²) in [6, 6.07) is 13.6. The van der Waals surface area contributed by atoms with Crippen LogP contribution in [0.15, 0.2) is 47.0 Å². The number of hydrogen-bond acceptors (Lipinski definition) is 7. The van der Waals surface area contributed by atoms with Gasteiger partial charge in [-0.3, -0.25) is 10.2 Å². The highest BCUT2D eigenvalue weighted by molar-refractivity contribution is 5.71. The molecular weight excluding hydrogens is 456 g/mol. The summed E-state index contributed by atoms with van der Waals surface area (Å²) in [5.74, 6) is 1.85. The number of nitrogens with zero attached hydrogens (tertiary/aromatic N) is 3. The molecule has 1 aliphatic heterocycles. The van der Waals surface area contributed by atoms with Gasteiger partial charge in [0.15, 0.2) is 5.82 Å². The van der Waals surface area contributed by atoms with Gasteiger partial charge in [-0.15, -0.1) is 0 Å². The number of aryl methyl sites for hydroxylation is 1. The summed E-state index contributed by atoms with van der Waals surface area (Å²) in [6.45, 7) is 10.4. The van der Waals surface area contributed by atoms with E-state index in [1.165, 1.54) is 0 Å². The number of nitrogens with one attached hydrogen (secondary N) is 1. The van der Waals surface area contributed by atoms with Crippen LogP contribution >= 0.6 is 0 Å². The predicted molar refractivity (Wildman–Crippen MR) is 138 cm³/mol. The molecule has 1 N–H and O–H groups in total. The topological polar surface area (TPSA) is 89.7 Å². The molecule has 1 aliphatic rings. The van der Waals surface area contributed by atoms with Crippen molar-refractivity contribution < 1.29 is 18.8 Å². The van der Waals surface area contributed by atoms with Crippen LogP contribution in [0, 0.1) is 6.92 Å². The van der Waals surface area contributed by atoms with E-state index in [0.717, 1.165) is 47.4 Å². The Kier molecular flexibility index (Phi) is 7.64. The van der Waals surface area contributed by atoms with Crippen LogP contribution in [-0.2, 0) is 11.2 Å². The van der Waals surface area contributed by atoms with Gasteiger partial charge < -0.3 is 14.0 Å². The largest absolute Gasteiger partial charge is 0.497 e. The van der Waals surface area contributed by atoms with Crippen molar-refractivity contribution in [3.8, 4) is 17.2 Å². The molecule has 0 bridgehead atoms. The maximum Gasteiger partial charge on any atom is 0.412 e. The first kappa shape index (κ1) is 25.7. The minimum Gasteiger partial charge on any atom is -0.497 e. The molecule has 1 aromatic heterocycles. The second-order valence-corrected chi connectivity index (χ2v) is 10.2. The van der Waals surface area contributed by atoms with E-state index in [-0.39, 0.29) is 18.3 Å². The molecule has 192 valence electrons. The molecule has 0 unspecified atom stereocenters. The summed E-state index contributed by atoms with van der Waals surface area (Å²) in [4.78, 5) is 19.8. The average molecular weight is 493 g/mol. The van der Waals surface area contributed by atoms with Crippen LogP contribution in [0.25, 0.3) is 11.5 Å². The Hall–Kier alpha value is -3.39. The van der Waals surface area contributed by atoms with E-state index >= 15 is 0 Å². The van der Waals surface area contributed by atoms with Crippen molar-refractivity contribution in [3.05, 3.63) is 65.0 Å². The molecular formula is C28H36N4O4. The van der Waals surface area contributed by atoms with E-state index in [2.05, 4.69) is 28.4 Å². The summed E-state index contributed by atoms with van der Waals surface area (Å²) >= 11 is 0. The number of amides is 1. The van der Waals surface area contributed by atoms with Gasteiger partial charge in [0.1, 0.15) is 11.4 Å². The molecule has 0 spiro atoms. The van der Waals surface area contributed by atoms with Gasteiger partial charge in [0.25, 0.3) is 5.89 Å². The zero-order valence-corrected chi connectivity index (χ0v) is 22.0. The molecule has 8 heteroatoms. The first-order valence-electron chi connectivity index (χ1n) is 12.5. The SMILES string of the molecule is CCCCN[C@H]1Cc2cc(OC)ccc2[C@H](c2ccc(-c3nc(C)no3)cc2)N1C(=O)OC(C)(C)C. The van der Waals surface area contributed by atoms with Crippen LogP contribution in [0.2, 0.25) is 0 Å².